The number of carbonyl (C=O) groups is 1. The number of nitrogens with two attached hydrogens (primary N) is 1. The molecule has 0 spiro atoms. The highest BCUT2D eigenvalue weighted by atomic mass is 16.5. The highest BCUT2D eigenvalue weighted by Gasteiger charge is 2.33. The van der Waals surface area contributed by atoms with Crippen LogP contribution in [-0.2, 0) is 22.6 Å². The van der Waals surface area contributed by atoms with Crippen LogP contribution in [0.1, 0.15) is 35.8 Å². The molecule has 3 unspecified atom stereocenters. The molecule has 29 heavy (non-hydrogen) atoms. The van der Waals surface area contributed by atoms with Gasteiger partial charge in [0.25, 0.3) is 0 Å². The molecule has 7 heteroatoms. The summed E-state index contributed by atoms with van der Waals surface area (Å²) >= 11 is 0. The Morgan fingerprint density at radius 2 is 1.72 bits per heavy atom. The van der Waals surface area contributed by atoms with E-state index in [0.29, 0.717) is 18.1 Å². The Morgan fingerprint density at radius 1 is 1.10 bits per heavy atom. The van der Waals surface area contributed by atoms with Crippen molar-refractivity contribution < 1.29 is 19.2 Å². The lowest BCUT2D eigenvalue weighted by atomic mass is 9.88. The van der Waals surface area contributed by atoms with E-state index in [1.165, 1.54) is 0 Å². The van der Waals surface area contributed by atoms with Crippen LogP contribution >= 0.6 is 0 Å². The third-order valence-corrected chi connectivity index (χ3v) is 4.90. The van der Waals surface area contributed by atoms with Gasteiger partial charge in [0.15, 0.2) is 5.82 Å². The molecule has 0 amide bonds. The number of hydrogen-bond acceptors (Lipinski definition) is 7. The Labute approximate surface area is 169 Å². The largest absolute Gasteiger partial charge is 0.461 e. The van der Waals surface area contributed by atoms with Crippen molar-refractivity contribution >= 4 is 5.97 Å². The number of ether oxygens (including phenoxy) is 1. The summed E-state index contributed by atoms with van der Waals surface area (Å²) in [4.78, 5) is 16.8. The zero-order valence-corrected chi connectivity index (χ0v) is 16.3. The van der Waals surface area contributed by atoms with E-state index in [1.807, 2.05) is 60.7 Å². The van der Waals surface area contributed by atoms with Crippen molar-refractivity contribution in [2.75, 3.05) is 6.61 Å². The molecule has 0 bridgehead atoms. The molecule has 3 aromatic rings. The fraction of sp³-hybridized carbons (Fsp3) is 0.318. The molecule has 1 aromatic heterocycles. The van der Waals surface area contributed by atoms with Crippen molar-refractivity contribution in [1.29, 1.82) is 0 Å². The number of benzene rings is 2. The summed E-state index contributed by atoms with van der Waals surface area (Å²) < 4.78 is 10.7. The standard InChI is InChI=1S/C22H25N3O4/c1-15(18(13-26)22(27)28-14-17-10-6-3-7-11-17)20(23)21-24-19(29-25-21)12-16-8-4-2-5-9-16/h2-11,15,18,20,26H,12-14,23H2,1H3. The molecule has 3 N–H and O–H groups in total. The summed E-state index contributed by atoms with van der Waals surface area (Å²) in [6.45, 7) is 1.53. The minimum absolute atomic E-state index is 0.140. The van der Waals surface area contributed by atoms with E-state index in [1.54, 1.807) is 6.92 Å². The maximum absolute atomic E-state index is 12.5. The van der Waals surface area contributed by atoms with Crippen molar-refractivity contribution in [2.45, 2.75) is 26.0 Å². The van der Waals surface area contributed by atoms with Gasteiger partial charge in [0.1, 0.15) is 6.61 Å². The summed E-state index contributed by atoms with van der Waals surface area (Å²) in [5.41, 5.74) is 8.18. The van der Waals surface area contributed by atoms with Crippen LogP contribution in [0.25, 0.3) is 0 Å². The monoisotopic (exact) mass is 395 g/mol. The van der Waals surface area contributed by atoms with Crippen molar-refractivity contribution in [3.63, 3.8) is 0 Å². The summed E-state index contributed by atoms with van der Waals surface area (Å²) in [6.07, 6.45) is 0.498. The van der Waals surface area contributed by atoms with Gasteiger partial charge in [-0.05, 0) is 17.0 Å². The molecular weight excluding hydrogens is 370 g/mol. The van der Waals surface area contributed by atoms with Gasteiger partial charge in [-0.15, -0.1) is 0 Å². The quantitative estimate of drug-likeness (QED) is 0.536. The van der Waals surface area contributed by atoms with E-state index in [4.69, 9.17) is 15.0 Å². The minimum Gasteiger partial charge on any atom is -0.461 e. The number of aliphatic hydroxyl groups is 1. The van der Waals surface area contributed by atoms with Crippen LogP contribution in [-0.4, -0.2) is 27.8 Å². The minimum atomic E-state index is -0.787. The first kappa shape index (κ1) is 20.7. The summed E-state index contributed by atoms with van der Waals surface area (Å²) in [5, 5.41) is 13.7. The Bertz CT molecular complexity index is 899. The molecule has 0 aliphatic rings. The maximum Gasteiger partial charge on any atom is 0.311 e. The van der Waals surface area contributed by atoms with Crippen molar-refractivity contribution in [2.24, 2.45) is 17.6 Å². The average Bonchev–Trinajstić information content (AvgIpc) is 3.22. The van der Waals surface area contributed by atoms with Gasteiger partial charge in [-0.2, -0.15) is 4.98 Å². The van der Waals surface area contributed by atoms with Gasteiger partial charge in [0.2, 0.25) is 5.89 Å². The summed E-state index contributed by atoms with van der Waals surface area (Å²) in [7, 11) is 0. The van der Waals surface area contributed by atoms with Crippen LogP contribution in [0.3, 0.4) is 0 Å². The molecule has 0 saturated heterocycles. The zero-order chi connectivity index (χ0) is 20.6. The van der Waals surface area contributed by atoms with Crippen molar-refractivity contribution in [3.8, 4) is 0 Å². The first-order valence-corrected chi connectivity index (χ1v) is 9.52. The highest BCUT2D eigenvalue weighted by Crippen LogP contribution is 2.26. The number of aliphatic hydroxyl groups excluding tert-OH is 1. The van der Waals surface area contributed by atoms with E-state index in [9.17, 15) is 9.90 Å². The fourth-order valence-electron chi connectivity index (χ4n) is 3.02. The van der Waals surface area contributed by atoms with Crippen LogP contribution in [0, 0.1) is 11.8 Å². The van der Waals surface area contributed by atoms with Gasteiger partial charge in [-0.1, -0.05) is 72.7 Å². The van der Waals surface area contributed by atoms with E-state index in [0.717, 1.165) is 11.1 Å². The van der Waals surface area contributed by atoms with Gasteiger partial charge < -0.3 is 20.1 Å². The van der Waals surface area contributed by atoms with Crippen LogP contribution in [0.2, 0.25) is 0 Å². The number of esters is 1. The number of nitrogens with zero attached hydrogens (tertiary/aromatic N) is 2. The Balaban J connectivity index is 1.61. The molecule has 0 saturated carbocycles. The van der Waals surface area contributed by atoms with Gasteiger partial charge in [0, 0.05) is 0 Å². The molecule has 0 aliphatic heterocycles. The molecule has 0 aliphatic carbocycles. The number of hydrogen-bond donors (Lipinski definition) is 2. The Morgan fingerprint density at radius 3 is 2.34 bits per heavy atom. The molecule has 0 fully saturated rings. The number of carbonyl (C=O) groups excluding carboxylic acids is 1. The van der Waals surface area contributed by atoms with Gasteiger partial charge in [-0.25, -0.2) is 0 Å². The predicted molar refractivity (Wildman–Crippen MR) is 106 cm³/mol. The molecule has 3 atom stereocenters. The Hall–Kier alpha value is -3.03. The molecule has 0 radical (unpaired) electrons. The first-order valence-electron chi connectivity index (χ1n) is 9.52. The summed E-state index contributed by atoms with van der Waals surface area (Å²) in [5.74, 6) is -0.985. The first-order chi connectivity index (χ1) is 14.1. The van der Waals surface area contributed by atoms with Gasteiger partial charge >= 0.3 is 5.97 Å². The number of rotatable bonds is 9. The van der Waals surface area contributed by atoms with Crippen LogP contribution < -0.4 is 5.73 Å². The lowest BCUT2D eigenvalue weighted by Gasteiger charge is -2.24. The highest BCUT2D eigenvalue weighted by molar-refractivity contribution is 5.73. The third kappa shape index (κ3) is 5.49. The molecule has 7 nitrogen and oxygen atoms in total. The summed E-state index contributed by atoms with van der Waals surface area (Å²) in [6, 6.07) is 18.4. The topological polar surface area (TPSA) is 111 Å². The molecule has 152 valence electrons. The third-order valence-electron chi connectivity index (χ3n) is 4.90. The second kappa shape index (κ2) is 9.95. The zero-order valence-electron chi connectivity index (χ0n) is 16.3. The molecule has 3 rings (SSSR count). The van der Waals surface area contributed by atoms with Crippen molar-refractivity contribution in [3.05, 3.63) is 83.5 Å². The maximum atomic E-state index is 12.5. The van der Waals surface area contributed by atoms with Crippen molar-refractivity contribution in [1.82, 2.24) is 10.1 Å². The predicted octanol–water partition coefficient (Wildman–Crippen LogP) is 2.65. The van der Waals surface area contributed by atoms with Crippen LogP contribution in [0.5, 0.6) is 0 Å². The Kier molecular flexibility index (Phi) is 7.10. The second-order valence-electron chi connectivity index (χ2n) is 6.98. The fourth-order valence-corrected chi connectivity index (χ4v) is 3.02. The average molecular weight is 395 g/mol. The van der Waals surface area contributed by atoms with E-state index >= 15 is 0 Å². The smallest absolute Gasteiger partial charge is 0.311 e. The van der Waals surface area contributed by atoms with Crippen LogP contribution in [0.4, 0.5) is 0 Å². The van der Waals surface area contributed by atoms with E-state index < -0.39 is 23.8 Å². The normalized spacial score (nSPS) is 14.2. The van der Waals surface area contributed by atoms with E-state index in [2.05, 4.69) is 10.1 Å². The van der Waals surface area contributed by atoms with Gasteiger partial charge in [-0.3, -0.25) is 4.79 Å². The SMILES string of the molecule is CC(C(CO)C(=O)OCc1ccccc1)C(N)c1noc(Cc2ccccc2)n1. The van der Waals surface area contributed by atoms with Gasteiger partial charge in [0.05, 0.1) is 25.0 Å². The van der Waals surface area contributed by atoms with E-state index in [-0.39, 0.29) is 13.2 Å². The molecule has 2 aromatic carbocycles. The lowest BCUT2D eigenvalue weighted by molar-refractivity contribution is -0.153. The second-order valence-corrected chi connectivity index (χ2v) is 6.98. The van der Waals surface area contributed by atoms with Crippen LogP contribution in [0.15, 0.2) is 65.2 Å². The number of aromatic nitrogens is 2. The molecule has 1 heterocycles. The molecular formula is C22H25N3O4. The lowest BCUT2D eigenvalue weighted by Crippen LogP contribution is -2.34.